The minimum atomic E-state index is -0.973. The van der Waals surface area contributed by atoms with Gasteiger partial charge in [-0.3, -0.25) is 14.6 Å². The molecular weight excluding hydrogens is 450 g/mol. The first-order valence-corrected chi connectivity index (χ1v) is 11.9. The van der Waals surface area contributed by atoms with Crippen LogP contribution in [0.15, 0.2) is 28.7 Å². The van der Waals surface area contributed by atoms with E-state index in [1.165, 1.54) is 7.11 Å². The second-order valence-corrected chi connectivity index (χ2v) is 10.3. The highest BCUT2D eigenvalue weighted by atomic mass is 16.7. The van der Waals surface area contributed by atoms with Crippen molar-refractivity contribution in [1.29, 1.82) is 5.26 Å². The summed E-state index contributed by atoms with van der Waals surface area (Å²) < 4.78 is 17.0. The first-order valence-electron chi connectivity index (χ1n) is 11.9. The van der Waals surface area contributed by atoms with E-state index in [1.807, 2.05) is 20.0 Å². The van der Waals surface area contributed by atoms with Gasteiger partial charge in [0.1, 0.15) is 5.54 Å². The van der Waals surface area contributed by atoms with Crippen LogP contribution in [0.1, 0.15) is 36.1 Å². The summed E-state index contributed by atoms with van der Waals surface area (Å²) in [6.45, 7) is 3.82. The predicted octanol–water partition coefficient (Wildman–Crippen LogP) is 1.68. The van der Waals surface area contributed by atoms with E-state index in [0.717, 1.165) is 16.7 Å². The van der Waals surface area contributed by atoms with Crippen LogP contribution >= 0.6 is 0 Å². The average Bonchev–Trinajstić information content (AvgIpc) is 3.24. The zero-order chi connectivity index (χ0) is 24.8. The molecule has 9 nitrogen and oxygen atoms in total. The number of carbonyl (C=O) groups is 1. The standard InChI is InChI=1S/C26H29N3O6/c1-12-5-14-7-26(9-27)10-28(3)20(18(14)22(32)23(12)33-4)16-6-15-19(17(8-30)29(16)26)25-24(34-11-35-25)13(2)21(15)31/h5,15-17,20,30,32H,6-8,10-11H2,1-4H3/t15?,16?,17-,20+,26?/m0/s1. The maximum absolute atomic E-state index is 13.5. The third kappa shape index (κ3) is 2.70. The Kier molecular flexibility index (Phi) is 4.78. The largest absolute Gasteiger partial charge is 0.504 e. The first kappa shape index (κ1) is 22.4. The Morgan fingerprint density at radius 3 is 2.74 bits per heavy atom. The molecule has 0 spiro atoms. The molecule has 0 amide bonds. The van der Waals surface area contributed by atoms with Crippen molar-refractivity contribution in [1.82, 2.24) is 9.80 Å². The number of nitriles is 1. The summed E-state index contributed by atoms with van der Waals surface area (Å²) in [5.41, 5.74) is 2.69. The summed E-state index contributed by atoms with van der Waals surface area (Å²) in [6, 6.07) is 3.42. The number of likely N-dealkylation sites (N-methyl/N-ethyl adjacent to an activating group) is 1. The number of hydrogen-bond acceptors (Lipinski definition) is 9. The molecule has 2 N–H and O–H groups in total. The van der Waals surface area contributed by atoms with Gasteiger partial charge in [0.25, 0.3) is 0 Å². The minimum absolute atomic E-state index is 0.0280. The number of Topliss-reactive ketones (excluding diaryl/α,β-unsaturated/α-hetero) is 1. The molecule has 0 aromatic heterocycles. The third-order valence-electron chi connectivity index (χ3n) is 8.58. The summed E-state index contributed by atoms with van der Waals surface area (Å²) in [7, 11) is 3.49. The van der Waals surface area contributed by atoms with Gasteiger partial charge in [-0.25, -0.2) is 0 Å². The maximum atomic E-state index is 13.5. The SMILES string of the molecule is COc1c(C)cc2c(c1O)[C@H]1C3CC4C(=O)C(C)=C5OCOC5=C4[C@H](CO)N3C(C#N)(C2)CN1C. The Morgan fingerprint density at radius 1 is 1.31 bits per heavy atom. The Balaban J connectivity index is 1.61. The Labute approximate surface area is 203 Å². The van der Waals surface area contributed by atoms with Gasteiger partial charge in [0.15, 0.2) is 28.8 Å². The number of aryl methyl sites for hydroxylation is 1. The number of aliphatic hydroxyl groups is 1. The quantitative estimate of drug-likeness (QED) is 0.654. The number of piperazine rings is 1. The van der Waals surface area contributed by atoms with Crippen molar-refractivity contribution in [2.45, 2.75) is 50.4 Å². The number of ether oxygens (including phenoxy) is 3. The Bertz CT molecular complexity index is 1260. The molecule has 1 aromatic carbocycles. The van der Waals surface area contributed by atoms with Gasteiger partial charge in [-0.05, 0) is 38.4 Å². The van der Waals surface area contributed by atoms with Crippen molar-refractivity contribution in [3.63, 3.8) is 0 Å². The fourth-order valence-electron chi connectivity index (χ4n) is 7.37. The molecule has 1 aromatic rings. The number of carbonyl (C=O) groups excluding carboxylic acids is 1. The van der Waals surface area contributed by atoms with E-state index in [-0.39, 0.29) is 37.0 Å². The van der Waals surface area contributed by atoms with Crippen LogP contribution < -0.4 is 4.74 Å². The number of rotatable bonds is 2. The number of phenols is 1. The number of nitrogens with zero attached hydrogens (tertiary/aromatic N) is 3. The van der Waals surface area contributed by atoms with Crippen molar-refractivity contribution in [3.05, 3.63) is 45.4 Å². The van der Waals surface area contributed by atoms with Crippen molar-refractivity contribution in [3.8, 4) is 17.6 Å². The summed E-state index contributed by atoms with van der Waals surface area (Å²) in [6.07, 6.45) is 0.820. The number of piperidine rings is 1. The highest BCUT2D eigenvalue weighted by Gasteiger charge is 2.62. The average molecular weight is 480 g/mol. The molecule has 3 fully saturated rings. The van der Waals surface area contributed by atoms with Gasteiger partial charge in [-0.1, -0.05) is 6.07 Å². The molecule has 0 radical (unpaired) electrons. The van der Waals surface area contributed by atoms with Gasteiger partial charge in [0, 0.05) is 35.7 Å². The van der Waals surface area contributed by atoms with Crippen molar-refractivity contribution in [2.24, 2.45) is 5.92 Å². The molecule has 3 unspecified atom stereocenters. The number of aliphatic hydroxyl groups excluding tert-OH is 1. The lowest BCUT2D eigenvalue weighted by Gasteiger charge is -2.59. The van der Waals surface area contributed by atoms with Gasteiger partial charge in [-0.15, -0.1) is 0 Å². The number of phenolic OH excluding ortho intramolecular Hbond substituents is 1. The van der Waals surface area contributed by atoms with Crippen molar-refractivity contribution < 1.29 is 29.2 Å². The number of ketones is 1. The fourth-order valence-corrected chi connectivity index (χ4v) is 7.37. The molecular formula is C26H29N3O6. The fraction of sp³-hybridized carbons (Fsp3) is 0.538. The minimum Gasteiger partial charge on any atom is -0.504 e. The van der Waals surface area contributed by atoms with Crippen molar-refractivity contribution in [2.75, 3.05) is 34.1 Å². The van der Waals surface area contributed by atoms with E-state index < -0.39 is 17.5 Å². The number of benzene rings is 1. The molecule has 35 heavy (non-hydrogen) atoms. The van der Waals surface area contributed by atoms with Gasteiger partial charge >= 0.3 is 0 Å². The van der Waals surface area contributed by atoms with Crippen molar-refractivity contribution >= 4 is 5.78 Å². The molecule has 0 saturated carbocycles. The number of aromatic hydroxyl groups is 1. The predicted molar refractivity (Wildman–Crippen MR) is 123 cm³/mol. The van der Waals surface area contributed by atoms with Crippen LogP contribution in [0.25, 0.3) is 0 Å². The van der Waals surface area contributed by atoms with Crippen LogP contribution in [-0.2, 0) is 20.7 Å². The summed E-state index contributed by atoms with van der Waals surface area (Å²) in [4.78, 5) is 17.8. The van der Waals surface area contributed by atoms with E-state index in [1.54, 1.807) is 6.92 Å². The molecule has 5 aliphatic heterocycles. The highest BCUT2D eigenvalue weighted by molar-refractivity contribution is 6.01. The molecule has 2 bridgehead atoms. The third-order valence-corrected chi connectivity index (χ3v) is 8.58. The molecule has 7 rings (SSSR count). The summed E-state index contributed by atoms with van der Waals surface area (Å²) >= 11 is 0. The van der Waals surface area contributed by atoms with Crippen LogP contribution in [0.5, 0.6) is 11.5 Å². The highest BCUT2D eigenvalue weighted by Crippen LogP contribution is 2.56. The molecule has 1 aliphatic carbocycles. The van der Waals surface area contributed by atoms with Crippen LogP contribution in [0.3, 0.4) is 0 Å². The lowest BCUT2D eigenvalue weighted by molar-refractivity contribution is -0.127. The molecule has 3 saturated heterocycles. The van der Waals surface area contributed by atoms with Crippen LogP contribution in [0.4, 0.5) is 0 Å². The normalized spacial score (nSPS) is 33.8. The van der Waals surface area contributed by atoms with Crippen LogP contribution in [0.2, 0.25) is 0 Å². The lowest BCUT2D eigenvalue weighted by atomic mass is 9.69. The van der Waals surface area contributed by atoms with Gasteiger partial charge in [-0.2, -0.15) is 5.26 Å². The monoisotopic (exact) mass is 479 g/mol. The smallest absolute Gasteiger partial charge is 0.231 e. The lowest BCUT2D eigenvalue weighted by Crippen LogP contribution is -2.71. The van der Waals surface area contributed by atoms with E-state index in [2.05, 4.69) is 15.9 Å². The summed E-state index contributed by atoms with van der Waals surface area (Å²) in [5, 5.41) is 32.8. The number of hydrogen-bond donors (Lipinski definition) is 2. The van der Waals surface area contributed by atoms with E-state index in [0.29, 0.717) is 47.8 Å². The van der Waals surface area contributed by atoms with Crippen LogP contribution in [0, 0.1) is 24.2 Å². The van der Waals surface area contributed by atoms with Gasteiger partial charge in [0.2, 0.25) is 6.79 Å². The molecule has 5 heterocycles. The molecule has 184 valence electrons. The summed E-state index contributed by atoms with van der Waals surface area (Å²) in [5.74, 6) is 0.954. The Morgan fingerprint density at radius 2 is 2.06 bits per heavy atom. The van der Waals surface area contributed by atoms with E-state index >= 15 is 0 Å². The second-order valence-electron chi connectivity index (χ2n) is 10.3. The zero-order valence-corrected chi connectivity index (χ0v) is 20.3. The Hall–Kier alpha value is -3.06. The number of methoxy groups -OCH3 is 1. The second kappa shape index (κ2) is 7.47. The first-order chi connectivity index (χ1) is 16.8. The molecule has 5 atom stereocenters. The molecule has 9 heteroatoms. The number of allylic oxidation sites excluding steroid dienone is 1. The van der Waals surface area contributed by atoms with E-state index in [4.69, 9.17) is 14.2 Å². The maximum Gasteiger partial charge on any atom is 0.231 e. The molecule has 6 aliphatic rings. The van der Waals surface area contributed by atoms with Gasteiger partial charge in [0.05, 0.1) is 37.8 Å². The topological polar surface area (TPSA) is 115 Å². The zero-order valence-electron chi connectivity index (χ0n) is 20.3. The van der Waals surface area contributed by atoms with Crippen LogP contribution in [-0.4, -0.2) is 77.5 Å². The van der Waals surface area contributed by atoms with Gasteiger partial charge < -0.3 is 24.4 Å². The number of fused-ring (bicyclic) bond motifs is 3. The van der Waals surface area contributed by atoms with E-state index in [9.17, 15) is 20.3 Å².